The van der Waals surface area contributed by atoms with Gasteiger partial charge in [0.2, 0.25) is 11.8 Å². The van der Waals surface area contributed by atoms with E-state index in [0.717, 1.165) is 12.8 Å². The highest BCUT2D eigenvalue weighted by atomic mass is 16.4. The van der Waals surface area contributed by atoms with Gasteiger partial charge in [-0.2, -0.15) is 0 Å². The van der Waals surface area contributed by atoms with E-state index in [9.17, 15) is 14.4 Å². The Morgan fingerprint density at radius 2 is 1.84 bits per heavy atom. The monoisotopic (exact) mass is 272 g/mol. The molecule has 0 heterocycles. The van der Waals surface area contributed by atoms with Gasteiger partial charge in [0.05, 0.1) is 0 Å². The van der Waals surface area contributed by atoms with Gasteiger partial charge in [0.15, 0.2) is 0 Å². The minimum atomic E-state index is -0.985. The predicted molar refractivity (Wildman–Crippen MR) is 71.6 cm³/mol. The number of aliphatic carboxylic acids is 1. The van der Waals surface area contributed by atoms with Crippen LogP contribution in [0, 0.1) is 0 Å². The minimum absolute atomic E-state index is 0.0541. The SMILES string of the molecule is CCC[C@H](NC(=O)CCCCCNC(C)=O)C(=O)O. The summed E-state index contributed by atoms with van der Waals surface area (Å²) in [5, 5.41) is 14.1. The third-order valence-electron chi connectivity index (χ3n) is 2.67. The summed E-state index contributed by atoms with van der Waals surface area (Å²) in [5.41, 5.74) is 0. The van der Waals surface area contributed by atoms with Gasteiger partial charge in [-0.05, 0) is 19.3 Å². The Morgan fingerprint density at radius 1 is 1.16 bits per heavy atom. The lowest BCUT2D eigenvalue weighted by Gasteiger charge is -2.13. The number of unbranched alkanes of at least 4 members (excludes halogenated alkanes) is 2. The first-order valence-electron chi connectivity index (χ1n) is 6.74. The summed E-state index contributed by atoms with van der Waals surface area (Å²) in [5.74, 6) is -1.26. The van der Waals surface area contributed by atoms with Crippen LogP contribution in [0.5, 0.6) is 0 Å². The van der Waals surface area contributed by atoms with Crippen LogP contribution in [0.4, 0.5) is 0 Å². The highest BCUT2D eigenvalue weighted by molar-refractivity contribution is 5.83. The summed E-state index contributed by atoms with van der Waals surface area (Å²) >= 11 is 0. The molecule has 0 unspecified atom stereocenters. The van der Waals surface area contributed by atoms with Crippen LogP contribution in [-0.2, 0) is 14.4 Å². The molecule has 2 amide bonds. The molecule has 1 atom stereocenters. The van der Waals surface area contributed by atoms with Crippen molar-refractivity contribution in [3.05, 3.63) is 0 Å². The Balaban J connectivity index is 3.68. The molecule has 0 saturated carbocycles. The number of carbonyl (C=O) groups is 3. The van der Waals surface area contributed by atoms with Crippen LogP contribution in [-0.4, -0.2) is 35.5 Å². The normalized spacial score (nSPS) is 11.7. The van der Waals surface area contributed by atoms with Crippen LogP contribution in [0.15, 0.2) is 0 Å². The maximum absolute atomic E-state index is 11.5. The first-order chi connectivity index (χ1) is 8.97. The van der Waals surface area contributed by atoms with Crippen LogP contribution in [0.3, 0.4) is 0 Å². The van der Waals surface area contributed by atoms with Crippen LogP contribution < -0.4 is 10.6 Å². The topological polar surface area (TPSA) is 95.5 Å². The molecule has 0 spiro atoms. The number of rotatable bonds is 10. The number of hydrogen-bond acceptors (Lipinski definition) is 3. The van der Waals surface area contributed by atoms with E-state index in [1.807, 2.05) is 6.92 Å². The molecule has 19 heavy (non-hydrogen) atoms. The van der Waals surface area contributed by atoms with Gasteiger partial charge in [0.1, 0.15) is 6.04 Å². The first-order valence-corrected chi connectivity index (χ1v) is 6.74. The lowest BCUT2D eigenvalue weighted by molar-refractivity contribution is -0.142. The molecule has 6 heteroatoms. The van der Waals surface area contributed by atoms with Gasteiger partial charge >= 0.3 is 5.97 Å². The molecule has 0 bridgehead atoms. The highest BCUT2D eigenvalue weighted by Crippen LogP contribution is 2.02. The molecule has 0 rings (SSSR count). The largest absolute Gasteiger partial charge is 0.480 e. The van der Waals surface area contributed by atoms with Crippen molar-refractivity contribution in [2.75, 3.05) is 6.54 Å². The van der Waals surface area contributed by atoms with Crippen molar-refractivity contribution in [2.24, 2.45) is 0 Å². The summed E-state index contributed by atoms with van der Waals surface area (Å²) in [6.07, 6.45) is 3.85. The Labute approximate surface area is 113 Å². The van der Waals surface area contributed by atoms with Gasteiger partial charge in [-0.3, -0.25) is 9.59 Å². The molecule has 3 N–H and O–H groups in total. The maximum Gasteiger partial charge on any atom is 0.326 e. The van der Waals surface area contributed by atoms with Gasteiger partial charge in [-0.15, -0.1) is 0 Å². The Kier molecular flexibility index (Phi) is 9.48. The molecule has 0 aliphatic rings. The van der Waals surface area contributed by atoms with E-state index in [1.165, 1.54) is 6.92 Å². The van der Waals surface area contributed by atoms with Crippen LogP contribution in [0.2, 0.25) is 0 Å². The number of nitrogens with one attached hydrogen (secondary N) is 2. The summed E-state index contributed by atoms with van der Waals surface area (Å²) in [4.78, 5) is 33.0. The van der Waals surface area contributed by atoms with Crippen LogP contribution in [0.25, 0.3) is 0 Å². The van der Waals surface area contributed by atoms with Gasteiger partial charge in [-0.25, -0.2) is 4.79 Å². The smallest absolute Gasteiger partial charge is 0.326 e. The van der Waals surface area contributed by atoms with E-state index >= 15 is 0 Å². The lowest BCUT2D eigenvalue weighted by atomic mass is 10.1. The van der Waals surface area contributed by atoms with Gasteiger partial charge in [0.25, 0.3) is 0 Å². The molecule has 0 aliphatic carbocycles. The van der Waals surface area contributed by atoms with Crippen molar-refractivity contribution < 1.29 is 19.5 Å². The summed E-state index contributed by atoms with van der Waals surface area (Å²) in [6, 6.07) is -0.781. The van der Waals surface area contributed by atoms with E-state index in [-0.39, 0.29) is 11.8 Å². The molecule has 0 aromatic heterocycles. The van der Waals surface area contributed by atoms with E-state index in [0.29, 0.717) is 32.2 Å². The van der Waals surface area contributed by atoms with Crippen molar-refractivity contribution in [3.63, 3.8) is 0 Å². The number of carbonyl (C=O) groups excluding carboxylic acids is 2. The maximum atomic E-state index is 11.5. The third kappa shape index (κ3) is 10.1. The fourth-order valence-corrected chi connectivity index (χ4v) is 1.66. The van der Waals surface area contributed by atoms with Crippen LogP contribution >= 0.6 is 0 Å². The molecular formula is C13H24N2O4. The zero-order valence-corrected chi connectivity index (χ0v) is 11.7. The Bertz CT molecular complexity index is 305. The van der Waals surface area contributed by atoms with E-state index in [4.69, 9.17) is 5.11 Å². The fourth-order valence-electron chi connectivity index (χ4n) is 1.66. The standard InChI is InChI=1S/C13H24N2O4/c1-3-7-11(13(18)19)15-12(17)8-5-4-6-9-14-10(2)16/h11H,3-9H2,1-2H3,(H,14,16)(H,15,17)(H,18,19)/t11-/m0/s1. The summed E-state index contributed by atoms with van der Waals surface area (Å²) < 4.78 is 0. The average molecular weight is 272 g/mol. The number of amides is 2. The van der Waals surface area contributed by atoms with Crippen molar-refractivity contribution in [1.82, 2.24) is 10.6 Å². The molecular weight excluding hydrogens is 248 g/mol. The van der Waals surface area contributed by atoms with Crippen LogP contribution in [0.1, 0.15) is 52.4 Å². The fraction of sp³-hybridized carbons (Fsp3) is 0.769. The highest BCUT2D eigenvalue weighted by Gasteiger charge is 2.18. The van der Waals surface area contributed by atoms with E-state index < -0.39 is 12.0 Å². The molecule has 0 aliphatic heterocycles. The molecule has 110 valence electrons. The number of carboxylic acids is 1. The molecule has 0 aromatic carbocycles. The van der Waals surface area contributed by atoms with E-state index in [1.54, 1.807) is 0 Å². The second kappa shape index (κ2) is 10.3. The lowest BCUT2D eigenvalue weighted by Crippen LogP contribution is -2.40. The van der Waals surface area contributed by atoms with E-state index in [2.05, 4.69) is 10.6 Å². The Hall–Kier alpha value is -1.59. The van der Waals surface area contributed by atoms with Crippen molar-refractivity contribution >= 4 is 17.8 Å². The van der Waals surface area contributed by atoms with Gasteiger partial charge < -0.3 is 15.7 Å². The van der Waals surface area contributed by atoms with Crippen molar-refractivity contribution in [2.45, 2.75) is 58.4 Å². The number of hydrogen-bond donors (Lipinski definition) is 3. The van der Waals surface area contributed by atoms with Crippen molar-refractivity contribution in [3.8, 4) is 0 Å². The summed E-state index contributed by atoms with van der Waals surface area (Å²) in [7, 11) is 0. The average Bonchev–Trinajstić information content (AvgIpc) is 2.32. The zero-order chi connectivity index (χ0) is 14.7. The third-order valence-corrected chi connectivity index (χ3v) is 2.67. The first kappa shape index (κ1) is 17.4. The molecule has 6 nitrogen and oxygen atoms in total. The Morgan fingerprint density at radius 3 is 2.37 bits per heavy atom. The summed E-state index contributed by atoms with van der Waals surface area (Å²) in [6.45, 7) is 3.96. The predicted octanol–water partition coefficient (Wildman–Crippen LogP) is 1.05. The number of carboxylic acid groups (broad SMARTS) is 1. The minimum Gasteiger partial charge on any atom is -0.480 e. The molecule has 0 saturated heterocycles. The second-order valence-electron chi connectivity index (χ2n) is 4.54. The molecule has 0 aromatic rings. The zero-order valence-electron chi connectivity index (χ0n) is 11.7. The molecule has 0 radical (unpaired) electrons. The quantitative estimate of drug-likeness (QED) is 0.518. The second-order valence-corrected chi connectivity index (χ2v) is 4.54. The van der Waals surface area contributed by atoms with Gasteiger partial charge in [0, 0.05) is 19.9 Å². The van der Waals surface area contributed by atoms with Gasteiger partial charge in [-0.1, -0.05) is 19.8 Å². The van der Waals surface area contributed by atoms with Crippen molar-refractivity contribution in [1.29, 1.82) is 0 Å². The molecule has 0 fully saturated rings.